The monoisotopic (exact) mass is 306 g/mol. The molecule has 0 aliphatic rings. The molecule has 0 spiro atoms. The minimum absolute atomic E-state index is 0.0615. The van der Waals surface area contributed by atoms with Crippen LogP contribution in [0.2, 0.25) is 0 Å². The summed E-state index contributed by atoms with van der Waals surface area (Å²) in [4.78, 5) is 12.1. The summed E-state index contributed by atoms with van der Waals surface area (Å²) >= 11 is 4.93. The van der Waals surface area contributed by atoms with E-state index in [1.807, 2.05) is 6.07 Å². The first-order chi connectivity index (χ1) is 9.97. The van der Waals surface area contributed by atoms with Crippen molar-refractivity contribution >= 4 is 23.1 Å². The minimum Gasteiger partial charge on any atom is -0.391 e. The number of nitrogens with one attached hydrogen (secondary N) is 1. The maximum Gasteiger partial charge on any atom is 0.252 e. The molecule has 108 valence electrons. The Morgan fingerprint density at radius 3 is 2.19 bits per heavy atom. The molecule has 0 radical (unpaired) electrons. The van der Waals surface area contributed by atoms with Crippen molar-refractivity contribution in [2.45, 2.75) is 6.04 Å². The zero-order valence-corrected chi connectivity index (χ0v) is 11.7. The van der Waals surface area contributed by atoms with Gasteiger partial charge in [-0.1, -0.05) is 42.5 Å². The lowest BCUT2D eigenvalue weighted by atomic mass is 10.1. The van der Waals surface area contributed by atoms with Gasteiger partial charge >= 0.3 is 0 Å². The summed E-state index contributed by atoms with van der Waals surface area (Å²) in [6.07, 6.45) is 0. The standard InChI is InChI=1S/C15H12F2N2OS/c16-11-6-10(7-12(17)8-11)15(20)19-13(14(18)21)9-4-2-1-3-5-9/h1-8,13H,(H2,18,21)(H,19,20). The third-order valence-electron chi connectivity index (χ3n) is 2.82. The van der Waals surface area contributed by atoms with Crippen LogP contribution >= 0.6 is 12.2 Å². The van der Waals surface area contributed by atoms with Crippen LogP contribution in [0.3, 0.4) is 0 Å². The predicted octanol–water partition coefficient (Wildman–Crippen LogP) is 2.72. The van der Waals surface area contributed by atoms with Crippen molar-refractivity contribution in [2.24, 2.45) is 5.73 Å². The van der Waals surface area contributed by atoms with Crippen LogP contribution in [0.1, 0.15) is 22.0 Å². The molecule has 1 unspecified atom stereocenters. The SMILES string of the molecule is NC(=S)C(NC(=O)c1cc(F)cc(F)c1)c1ccccc1. The number of carbonyl (C=O) groups is 1. The lowest BCUT2D eigenvalue weighted by molar-refractivity contribution is 0.0946. The van der Waals surface area contributed by atoms with E-state index in [-0.39, 0.29) is 10.6 Å². The minimum atomic E-state index is -0.827. The number of hydrogen-bond acceptors (Lipinski definition) is 2. The van der Waals surface area contributed by atoms with Crippen LogP contribution in [0.15, 0.2) is 48.5 Å². The molecular weight excluding hydrogens is 294 g/mol. The van der Waals surface area contributed by atoms with Crippen molar-refractivity contribution in [3.05, 3.63) is 71.3 Å². The molecule has 2 aromatic carbocycles. The summed E-state index contributed by atoms with van der Waals surface area (Å²) in [5.74, 6) is -2.31. The van der Waals surface area contributed by atoms with E-state index < -0.39 is 23.6 Å². The number of thiocarbonyl (C=S) groups is 1. The van der Waals surface area contributed by atoms with Crippen molar-refractivity contribution in [1.29, 1.82) is 0 Å². The highest BCUT2D eigenvalue weighted by Crippen LogP contribution is 2.15. The molecule has 6 heteroatoms. The Morgan fingerprint density at radius 1 is 1.10 bits per heavy atom. The lowest BCUT2D eigenvalue weighted by Crippen LogP contribution is -2.36. The molecule has 0 bridgehead atoms. The summed E-state index contributed by atoms with van der Waals surface area (Å²) < 4.78 is 26.3. The van der Waals surface area contributed by atoms with Gasteiger partial charge in [-0.15, -0.1) is 0 Å². The Labute approximate surface area is 125 Å². The van der Waals surface area contributed by atoms with Crippen molar-refractivity contribution in [3.63, 3.8) is 0 Å². The van der Waals surface area contributed by atoms with Gasteiger partial charge in [0.2, 0.25) is 0 Å². The molecule has 21 heavy (non-hydrogen) atoms. The molecule has 0 aliphatic carbocycles. The second kappa shape index (κ2) is 6.41. The summed E-state index contributed by atoms with van der Waals surface area (Å²) in [5.41, 5.74) is 6.18. The van der Waals surface area contributed by atoms with Crippen molar-refractivity contribution < 1.29 is 13.6 Å². The van der Waals surface area contributed by atoms with Gasteiger partial charge in [0.15, 0.2) is 0 Å². The maximum absolute atomic E-state index is 13.1. The van der Waals surface area contributed by atoms with Gasteiger partial charge < -0.3 is 11.1 Å². The van der Waals surface area contributed by atoms with Crippen LogP contribution in [-0.2, 0) is 0 Å². The number of carbonyl (C=O) groups excluding carboxylic acids is 1. The van der Waals surface area contributed by atoms with Gasteiger partial charge in [-0.05, 0) is 17.7 Å². The van der Waals surface area contributed by atoms with Crippen molar-refractivity contribution in [1.82, 2.24) is 5.32 Å². The zero-order valence-electron chi connectivity index (χ0n) is 10.8. The highest BCUT2D eigenvalue weighted by atomic mass is 32.1. The van der Waals surface area contributed by atoms with E-state index in [0.717, 1.165) is 12.1 Å². The average Bonchev–Trinajstić information content (AvgIpc) is 2.44. The molecular formula is C15H12F2N2OS. The highest BCUT2D eigenvalue weighted by Gasteiger charge is 2.19. The second-order valence-electron chi connectivity index (χ2n) is 4.38. The molecule has 3 N–H and O–H groups in total. The van der Waals surface area contributed by atoms with Gasteiger partial charge in [0.25, 0.3) is 5.91 Å². The van der Waals surface area contributed by atoms with Crippen LogP contribution in [-0.4, -0.2) is 10.9 Å². The number of hydrogen-bond donors (Lipinski definition) is 2. The topological polar surface area (TPSA) is 55.1 Å². The normalized spacial score (nSPS) is 11.7. The van der Waals surface area contributed by atoms with E-state index in [4.69, 9.17) is 18.0 Å². The third kappa shape index (κ3) is 3.82. The number of rotatable bonds is 4. The summed E-state index contributed by atoms with van der Waals surface area (Å²) in [6.45, 7) is 0. The summed E-state index contributed by atoms with van der Waals surface area (Å²) in [7, 11) is 0. The van der Waals surface area contributed by atoms with Gasteiger partial charge in [0.05, 0.1) is 0 Å². The van der Waals surface area contributed by atoms with Gasteiger partial charge in [-0.25, -0.2) is 8.78 Å². The molecule has 0 aliphatic heterocycles. The summed E-state index contributed by atoms with van der Waals surface area (Å²) in [6, 6.07) is 10.7. The zero-order chi connectivity index (χ0) is 15.4. The molecule has 1 atom stereocenters. The molecule has 3 nitrogen and oxygen atoms in total. The number of benzene rings is 2. The van der Waals surface area contributed by atoms with Crippen LogP contribution in [0.5, 0.6) is 0 Å². The Kier molecular flexibility index (Phi) is 4.59. The Morgan fingerprint density at radius 2 is 1.67 bits per heavy atom. The maximum atomic E-state index is 13.1. The van der Waals surface area contributed by atoms with E-state index >= 15 is 0 Å². The first kappa shape index (κ1) is 15.1. The lowest BCUT2D eigenvalue weighted by Gasteiger charge is -2.18. The van der Waals surface area contributed by atoms with Crippen LogP contribution < -0.4 is 11.1 Å². The first-order valence-electron chi connectivity index (χ1n) is 6.08. The van der Waals surface area contributed by atoms with Crippen LogP contribution in [0, 0.1) is 11.6 Å². The molecule has 0 aromatic heterocycles. The van der Waals surface area contributed by atoms with E-state index in [0.29, 0.717) is 11.6 Å². The summed E-state index contributed by atoms with van der Waals surface area (Å²) in [5, 5.41) is 2.56. The largest absolute Gasteiger partial charge is 0.391 e. The second-order valence-corrected chi connectivity index (χ2v) is 4.85. The molecule has 2 aromatic rings. The van der Waals surface area contributed by atoms with Crippen LogP contribution in [0.25, 0.3) is 0 Å². The first-order valence-corrected chi connectivity index (χ1v) is 6.49. The van der Waals surface area contributed by atoms with Crippen molar-refractivity contribution in [3.8, 4) is 0 Å². The van der Waals surface area contributed by atoms with Gasteiger partial charge in [0.1, 0.15) is 22.7 Å². The third-order valence-corrected chi connectivity index (χ3v) is 3.05. The Bertz CT molecular complexity index is 656. The van der Waals surface area contributed by atoms with Crippen molar-refractivity contribution in [2.75, 3.05) is 0 Å². The van der Waals surface area contributed by atoms with E-state index in [9.17, 15) is 13.6 Å². The fourth-order valence-corrected chi connectivity index (χ4v) is 2.06. The highest BCUT2D eigenvalue weighted by molar-refractivity contribution is 7.80. The quantitative estimate of drug-likeness (QED) is 0.854. The van der Waals surface area contributed by atoms with Gasteiger partial charge in [-0.3, -0.25) is 4.79 Å². The molecule has 0 fully saturated rings. The fourth-order valence-electron chi connectivity index (χ4n) is 1.86. The van der Waals surface area contributed by atoms with E-state index in [2.05, 4.69) is 5.32 Å². The van der Waals surface area contributed by atoms with E-state index in [1.54, 1.807) is 24.3 Å². The number of halogens is 2. The predicted molar refractivity (Wildman–Crippen MR) is 79.8 cm³/mol. The average molecular weight is 306 g/mol. The Hall–Kier alpha value is -2.34. The van der Waals surface area contributed by atoms with Crippen LogP contribution in [0.4, 0.5) is 8.78 Å². The number of amides is 1. The smallest absolute Gasteiger partial charge is 0.252 e. The molecule has 0 saturated carbocycles. The van der Waals surface area contributed by atoms with Gasteiger partial charge in [0, 0.05) is 11.6 Å². The number of nitrogens with two attached hydrogens (primary N) is 1. The van der Waals surface area contributed by atoms with E-state index in [1.165, 1.54) is 0 Å². The van der Waals surface area contributed by atoms with Gasteiger partial charge in [-0.2, -0.15) is 0 Å². The molecule has 2 rings (SSSR count). The molecule has 1 amide bonds. The molecule has 0 heterocycles. The molecule has 0 saturated heterocycles. The fraction of sp³-hybridized carbons (Fsp3) is 0.0667. The Balaban J connectivity index is 2.25.